The fraction of sp³-hybridized carbons (Fsp3) is 0.900. The van der Waals surface area contributed by atoms with Gasteiger partial charge >= 0.3 is 5.97 Å². The predicted octanol–water partition coefficient (Wildman–Crippen LogP) is 3.42. The van der Waals surface area contributed by atoms with Gasteiger partial charge in [0.25, 0.3) is 0 Å². The molecule has 0 aliphatic carbocycles. The van der Waals surface area contributed by atoms with Gasteiger partial charge in [0, 0.05) is 11.0 Å². The summed E-state index contributed by atoms with van der Waals surface area (Å²) in [6.07, 6.45) is 4.30. The molecule has 1 atom stereocenters. The van der Waals surface area contributed by atoms with Crippen molar-refractivity contribution in [3.63, 3.8) is 0 Å². The van der Waals surface area contributed by atoms with Crippen LogP contribution in [0.1, 0.15) is 39.5 Å². The van der Waals surface area contributed by atoms with Gasteiger partial charge in [-0.3, -0.25) is 4.79 Å². The summed E-state index contributed by atoms with van der Waals surface area (Å²) in [5, 5.41) is 9.69. The fourth-order valence-corrected chi connectivity index (χ4v) is 4.47. The number of hydrogen-bond donors (Lipinski definition) is 1. The van der Waals surface area contributed by atoms with E-state index in [1.807, 2.05) is 35.4 Å². The number of carbonyl (C=O) groups is 1. The molecular weight excluding hydrogens is 216 g/mol. The normalized spacial score (nSPS) is 22.6. The molecule has 1 unspecified atom stereocenters. The first-order valence-corrected chi connectivity index (χ1v) is 7.42. The summed E-state index contributed by atoms with van der Waals surface area (Å²) in [4.78, 5) is 10.8. The lowest BCUT2D eigenvalue weighted by Gasteiger charge is -2.19. The number of carboxylic acid groups (broad SMARTS) is 1. The molecule has 82 valence electrons. The maximum Gasteiger partial charge on any atom is 0.309 e. The van der Waals surface area contributed by atoms with E-state index in [4.69, 9.17) is 5.11 Å². The first kappa shape index (κ1) is 12.2. The van der Waals surface area contributed by atoms with Crippen molar-refractivity contribution < 1.29 is 9.90 Å². The van der Waals surface area contributed by atoms with Crippen LogP contribution in [-0.2, 0) is 4.79 Å². The van der Waals surface area contributed by atoms with Gasteiger partial charge in [0.1, 0.15) is 0 Å². The highest BCUT2D eigenvalue weighted by Crippen LogP contribution is 2.40. The van der Waals surface area contributed by atoms with E-state index >= 15 is 0 Å². The van der Waals surface area contributed by atoms with Gasteiger partial charge in [-0.05, 0) is 33.1 Å². The molecule has 1 aliphatic rings. The van der Waals surface area contributed by atoms with Crippen LogP contribution in [0.4, 0.5) is 0 Å². The highest BCUT2D eigenvalue weighted by molar-refractivity contribution is 8.77. The third-order valence-electron chi connectivity index (χ3n) is 2.63. The van der Waals surface area contributed by atoms with Crippen molar-refractivity contribution in [2.75, 3.05) is 5.75 Å². The summed E-state index contributed by atoms with van der Waals surface area (Å²) in [6.45, 7) is 3.62. The van der Waals surface area contributed by atoms with Gasteiger partial charge in [-0.25, -0.2) is 0 Å². The van der Waals surface area contributed by atoms with E-state index in [2.05, 4.69) is 0 Å². The molecule has 0 radical (unpaired) electrons. The summed E-state index contributed by atoms with van der Waals surface area (Å²) in [5.41, 5.74) is -0.545. The van der Waals surface area contributed by atoms with Gasteiger partial charge < -0.3 is 5.11 Å². The molecule has 14 heavy (non-hydrogen) atoms. The van der Waals surface area contributed by atoms with Crippen LogP contribution < -0.4 is 0 Å². The van der Waals surface area contributed by atoms with Crippen molar-refractivity contribution in [1.82, 2.24) is 0 Å². The number of rotatable bonds is 5. The van der Waals surface area contributed by atoms with Crippen LogP contribution in [0.15, 0.2) is 0 Å². The van der Waals surface area contributed by atoms with Crippen molar-refractivity contribution in [2.24, 2.45) is 5.41 Å². The van der Waals surface area contributed by atoms with Gasteiger partial charge in [0.2, 0.25) is 0 Å². The molecule has 0 aromatic heterocycles. The molecule has 0 aromatic carbocycles. The number of hydrogen-bond acceptors (Lipinski definition) is 3. The lowest BCUT2D eigenvalue weighted by atomic mass is 9.87. The molecule has 1 rings (SSSR count). The average Bonchev–Trinajstić information content (AvgIpc) is 2.56. The molecular formula is C10H18O2S2. The second-order valence-corrected chi connectivity index (χ2v) is 7.20. The van der Waals surface area contributed by atoms with E-state index in [1.54, 1.807) is 0 Å². The highest BCUT2D eigenvalue weighted by atomic mass is 33.1. The van der Waals surface area contributed by atoms with E-state index in [0.29, 0.717) is 0 Å². The molecule has 4 heteroatoms. The van der Waals surface area contributed by atoms with Crippen molar-refractivity contribution in [3.05, 3.63) is 0 Å². The molecule has 0 saturated carbocycles. The number of aliphatic carboxylic acids is 1. The Hall–Kier alpha value is 0.170. The predicted molar refractivity (Wildman–Crippen MR) is 63.7 cm³/mol. The van der Waals surface area contributed by atoms with Crippen LogP contribution in [0, 0.1) is 5.41 Å². The van der Waals surface area contributed by atoms with Gasteiger partial charge in [0.15, 0.2) is 0 Å². The fourth-order valence-electron chi connectivity index (χ4n) is 1.44. The van der Waals surface area contributed by atoms with Gasteiger partial charge in [0.05, 0.1) is 5.41 Å². The monoisotopic (exact) mass is 234 g/mol. The van der Waals surface area contributed by atoms with Crippen molar-refractivity contribution in [2.45, 2.75) is 44.8 Å². The second-order valence-electron chi connectivity index (χ2n) is 4.41. The topological polar surface area (TPSA) is 37.3 Å². The Kier molecular flexibility index (Phi) is 4.64. The molecule has 2 nitrogen and oxygen atoms in total. The molecule has 0 spiro atoms. The standard InChI is InChI=1S/C10H18O2S2/c1-10(2,9(11)12)6-3-4-8-5-7-13-14-8/h8H,3-7H2,1-2H3,(H,11,12). The summed E-state index contributed by atoms with van der Waals surface area (Å²) in [5.74, 6) is 0.587. The first-order chi connectivity index (χ1) is 6.52. The molecule has 1 N–H and O–H groups in total. The zero-order valence-corrected chi connectivity index (χ0v) is 10.4. The highest BCUT2D eigenvalue weighted by Gasteiger charge is 2.27. The lowest BCUT2D eigenvalue weighted by Crippen LogP contribution is -2.23. The second kappa shape index (κ2) is 5.31. The Labute approximate surface area is 93.6 Å². The molecule has 0 amide bonds. The van der Waals surface area contributed by atoms with Gasteiger partial charge in [-0.1, -0.05) is 28.0 Å². The molecule has 1 fully saturated rings. The Morgan fingerprint density at radius 1 is 1.57 bits per heavy atom. The summed E-state index contributed by atoms with van der Waals surface area (Å²) in [6, 6.07) is 0. The van der Waals surface area contributed by atoms with Crippen LogP contribution in [0.2, 0.25) is 0 Å². The summed E-state index contributed by atoms with van der Waals surface area (Å²) in [7, 11) is 3.92. The van der Waals surface area contributed by atoms with Crippen LogP contribution in [0.25, 0.3) is 0 Å². The van der Waals surface area contributed by atoms with Crippen molar-refractivity contribution in [1.29, 1.82) is 0 Å². The summed E-state index contributed by atoms with van der Waals surface area (Å²) < 4.78 is 0. The largest absolute Gasteiger partial charge is 0.481 e. The Balaban J connectivity index is 2.16. The zero-order chi connectivity index (χ0) is 10.6. The Bertz CT molecular complexity index is 198. The van der Waals surface area contributed by atoms with Crippen LogP contribution in [-0.4, -0.2) is 22.1 Å². The maximum atomic E-state index is 10.8. The third kappa shape index (κ3) is 3.73. The molecule has 1 aliphatic heterocycles. The summed E-state index contributed by atoms with van der Waals surface area (Å²) >= 11 is 0. The van der Waals surface area contributed by atoms with E-state index < -0.39 is 11.4 Å². The third-order valence-corrected chi connectivity index (χ3v) is 5.64. The minimum atomic E-state index is -0.675. The number of carboxylic acids is 1. The van der Waals surface area contributed by atoms with E-state index in [9.17, 15) is 4.79 Å². The Morgan fingerprint density at radius 3 is 2.79 bits per heavy atom. The minimum absolute atomic E-state index is 0.545. The quantitative estimate of drug-likeness (QED) is 0.740. The van der Waals surface area contributed by atoms with E-state index in [-0.39, 0.29) is 0 Å². The van der Waals surface area contributed by atoms with Crippen LogP contribution in [0.3, 0.4) is 0 Å². The van der Waals surface area contributed by atoms with Crippen LogP contribution >= 0.6 is 21.6 Å². The smallest absolute Gasteiger partial charge is 0.309 e. The molecule has 0 bridgehead atoms. The first-order valence-electron chi connectivity index (χ1n) is 5.04. The minimum Gasteiger partial charge on any atom is -0.481 e. The van der Waals surface area contributed by atoms with Crippen LogP contribution in [0.5, 0.6) is 0 Å². The molecule has 1 heterocycles. The van der Waals surface area contributed by atoms with Crippen molar-refractivity contribution in [3.8, 4) is 0 Å². The SMILES string of the molecule is CC(C)(CCCC1CCSS1)C(=O)O. The van der Waals surface area contributed by atoms with Crippen molar-refractivity contribution >= 4 is 27.6 Å². The van der Waals surface area contributed by atoms with Gasteiger partial charge in [-0.15, -0.1) is 0 Å². The van der Waals surface area contributed by atoms with Gasteiger partial charge in [-0.2, -0.15) is 0 Å². The van der Waals surface area contributed by atoms with E-state index in [0.717, 1.165) is 18.1 Å². The average molecular weight is 234 g/mol. The zero-order valence-electron chi connectivity index (χ0n) is 8.78. The molecule has 0 aromatic rings. The Morgan fingerprint density at radius 2 is 2.29 bits per heavy atom. The van der Waals surface area contributed by atoms with E-state index in [1.165, 1.54) is 18.6 Å². The molecule has 1 saturated heterocycles. The lowest BCUT2D eigenvalue weighted by molar-refractivity contribution is -0.147. The maximum absolute atomic E-state index is 10.8.